The van der Waals surface area contributed by atoms with Crippen LogP contribution in [0.1, 0.15) is 5.56 Å². The highest BCUT2D eigenvalue weighted by Crippen LogP contribution is 2.30. The lowest BCUT2D eigenvalue weighted by molar-refractivity contribution is -0.138. The van der Waals surface area contributed by atoms with Crippen molar-refractivity contribution in [2.45, 2.75) is 0 Å². The normalized spacial score (nSPS) is 10.4. The van der Waals surface area contributed by atoms with Gasteiger partial charge in [-0.3, -0.25) is 0 Å². The fourth-order valence-electron chi connectivity index (χ4n) is 1.99. The fraction of sp³-hybridized carbons (Fsp3) is 0.105. The van der Waals surface area contributed by atoms with Gasteiger partial charge in [0.2, 0.25) is 0 Å². The first-order valence-corrected chi connectivity index (χ1v) is 7.49. The van der Waals surface area contributed by atoms with E-state index < -0.39 is 11.9 Å². The average molecular weight is 352 g/mol. The van der Waals surface area contributed by atoms with E-state index in [0.717, 1.165) is 6.08 Å². The van der Waals surface area contributed by atoms with Gasteiger partial charge in [-0.2, -0.15) is 5.26 Å². The van der Waals surface area contributed by atoms with Crippen molar-refractivity contribution in [3.05, 3.63) is 65.9 Å². The Morgan fingerprint density at radius 3 is 2.54 bits per heavy atom. The van der Waals surface area contributed by atoms with E-state index in [1.54, 1.807) is 48.5 Å². The molecule has 0 amide bonds. The monoisotopic (exact) mass is 352 g/mol. The number of nitrogens with one attached hydrogen (secondary N) is 1. The number of hydrogen-bond donors (Lipinski definition) is 1. The maximum atomic E-state index is 11.9. The van der Waals surface area contributed by atoms with Crippen molar-refractivity contribution >= 4 is 17.6 Å². The fourth-order valence-corrected chi connectivity index (χ4v) is 1.99. The quantitative estimate of drug-likeness (QED) is 0.630. The molecular formula is C19H16N2O5. The lowest BCUT2D eigenvalue weighted by Gasteiger charge is -2.14. The number of nitrogens with zero attached hydrogens (tertiary/aromatic N) is 1. The first-order chi connectivity index (χ1) is 12.6. The molecule has 0 spiro atoms. The maximum absolute atomic E-state index is 11.9. The van der Waals surface area contributed by atoms with Gasteiger partial charge in [-0.05, 0) is 30.3 Å². The lowest BCUT2D eigenvalue weighted by atomic mass is 10.2. The van der Waals surface area contributed by atoms with Crippen LogP contribution in [0.5, 0.6) is 11.5 Å². The molecule has 2 aromatic carbocycles. The van der Waals surface area contributed by atoms with Crippen molar-refractivity contribution in [2.75, 3.05) is 19.5 Å². The van der Waals surface area contributed by atoms with Gasteiger partial charge < -0.3 is 19.5 Å². The summed E-state index contributed by atoms with van der Waals surface area (Å²) in [6.45, 7) is 0. The number of methoxy groups -OCH3 is 2. The number of rotatable bonds is 6. The first-order valence-electron chi connectivity index (χ1n) is 7.49. The highest BCUT2D eigenvalue weighted by Gasteiger charge is 2.15. The molecule has 0 saturated carbocycles. The third kappa shape index (κ3) is 4.85. The van der Waals surface area contributed by atoms with Crippen molar-refractivity contribution in [3.63, 3.8) is 0 Å². The Balaban J connectivity index is 2.32. The number of ether oxygens (including phenoxy) is 3. The lowest BCUT2D eigenvalue weighted by Crippen LogP contribution is -2.15. The molecule has 0 radical (unpaired) electrons. The van der Waals surface area contributed by atoms with E-state index in [-0.39, 0.29) is 5.70 Å². The summed E-state index contributed by atoms with van der Waals surface area (Å²) in [4.78, 5) is 23.4. The molecule has 0 bridgehead atoms. The first kappa shape index (κ1) is 18.5. The van der Waals surface area contributed by atoms with Gasteiger partial charge in [-0.15, -0.1) is 0 Å². The molecule has 0 aliphatic carbocycles. The summed E-state index contributed by atoms with van der Waals surface area (Å²) in [6, 6.07) is 15.5. The zero-order valence-electron chi connectivity index (χ0n) is 14.2. The molecule has 0 unspecified atom stereocenters. The zero-order chi connectivity index (χ0) is 18.9. The second-order valence-corrected chi connectivity index (χ2v) is 4.94. The summed E-state index contributed by atoms with van der Waals surface area (Å²) in [5, 5.41) is 11.8. The van der Waals surface area contributed by atoms with Gasteiger partial charge in [0.1, 0.15) is 11.4 Å². The Morgan fingerprint density at radius 1 is 1.08 bits per heavy atom. The Hall–Kier alpha value is -3.79. The molecule has 0 fully saturated rings. The number of esters is 2. The molecule has 26 heavy (non-hydrogen) atoms. The van der Waals surface area contributed by atoms with Crippen LogP contribution >= 0.6 is 0 Å². The minimum Gasteiger partial charge on any atom is -0.466 e. The van der Waals surface area contributed by atoms with E-state index in [4.69, 9.17) is 10.00 Å². The van der Waals surface area contributed by atoms with Gasteiger partial charge in [0.15, 0.2) is 5.75 Å². The van der Waals surface area contributed by atoms with Crippen LogP contribution in [-0.4, -0.2) is 26.2 Å². The number of nitriles is 1. The van der Waals surface area contributed by atoms with Gasteiger partial charge in [0.25, 0.3) is 0 Å². The number of hydrogen-bond acceptors (Lipinski definition) is 7. The third-order valence-electron chi connectivity index (χ3n) is 3.22. The Bertz CT molecular complexity index is 883. The van der Waals surface area contributed by atoms with E-state index in [2.05, 4.69) is 14.8 Å². The van der Waals surface area contributed by atoms with Crippen molar-refractivity contribution < 1.29 is 23.8 Å². The summed E-state index contributed by atoms with van der Waals surface area (Å²) < 4.78 is 15.0. The molecule has 0 aliphatic rings. The highest BCUT2D eigenvalue weighted by atomic mass is 16.5. The van der Waals surface area contributed by atoms with Crippen molar-refractivity contribution in [2.24, 2.45) is 0 Å². The van der Waals surface area contributed by atoms with E-state index in [1.165, 1.54) is 14.2 Å². The molecule has 0 aromatic heterocycles. The number of carbonyl (C=O) groups excluding carboxylic acids is 2. The number of carbonyl (C=O) groups is 2. The molecule has 7 nitrogen and oxygen atoms in total. The second-order valence-electron chi connectivity index (χ2n) is 4.94. The van der Waals surface area contributed by atoms with Crippen LogP contribution in [0.3, 0.4) is 0 Å². The van der Waals surface area contributed by atoms with Gasteiger partial charge in [-0.1, -0.05) is 18.2 Å². The van der Waals surface area contributed by atoms with E-state index in [1.807, 2.05) is 6.07 Å². The summed E-state index contributed by atoms with van der Waals surface area (Å²) in [5.74, 6) is -0.605. The topological polar surface area (TPSA) is 97.6 Å². The van der Waals surface area contributed by atoms with Crippen molar-refractivity contribution in [1.82, 2.24) is 0 Å². The van der Waals surface area contributed by atoms with Crippen LogP contribution < -0.4 is 10.1 Å². The minimum atomic E-state index is -0.739. The second kappa shape index (κ2) is 8.89. The number of anilines is 1. The molecule has 132 valence electrons. The van der Waals surface area contributed by atoms with Gasteiger partial charge in [0, 0.05) is 0 Å². The molecule has 7 heteroatoms. The number of benzene rings is 2. The summed E-state index contributed by atoms with van der Waals surface area (Å²) in [7, 11) is 2.40. The summed E-state index contributed by atoms with van der Waals surface area (Å²) >= 11 is 0. The van der Waals surface area contributed by atoms with E-state index in [9.17, 15) is 9.59 Å². The SMILES string of the molecule is COC(=O)/C=C(/Nc1ccccc1Oc1cccc(C#N)c1)C(=O)OC. The van der Waals surface area contributed by atoms with Crippen LogP contribution in [0.25, 0.3) is 0 Å². The molecule has 0 aliphatic heterocycles. The van der Waals surface area contributed by atoms with Crippen LogP contribution in [-0.2, 0) is 19.1 Å². The smallest absolute Gasteiger partial charge is 0.354 e. The molecule has 1 N–H and O–H groups in total. The molecule has 2 aromatic rings. The van der Waals surface area contributed by atoms with Crippen LogP contribution in [0, 0.1) is 11.3 Å². The van der Waals surface area contributed by atoms with Gasteiger partial charge in [-0.25, -0.2) is 9.59 Å². The average Bonchev–Trinajstić information content (AvgIpc) is 2.68. The third-order valence-corrected chi connectivity index (χ3v) is 3.22. The Kier molecular flexibility index (Phi) is 6.34. The Morgan fingerprint density at radius 2 is 1.85 bits per heavy atom. The Labute approximate surface area is 150 Å². The van der Waals surface area contributed by atoms with Gasteiger partial charge in [0.05, 0.1) is 37.6 Å². The summed E-state index contributed by atoms with van der Waals surface area (Å²) in [5.41, 5.74) is 0.769. The maximum Gasteiger partial charge on any atom is 0.354 e. The molecule has 2 rings (SSSR count). The van der Waals surface area contributed by atoms with Crippen LogP contribution in [0.2, 0.25) is 0 Å². The molecule has 0 saturated heterocycles. The molecule has 0 atom stereocenters. The van der Waals surface area contributed by atoms with Crippen LogP contribution in [0.4, 0.5) is 5.69 Å². The van der Waals surface area contributed by atoms with Gasteiger partial charge >= 0.3 is 11.9 Å². The number of para-hydroxylation sites is 2. The predicted octanol–water partition coefficient (Wildman–Crippen LogP) is 2.99. The van der Waals surface area contributed by atoms with Crippen molar-refractivity contribution in [3.8, 4) is 17.6 Å². The largest absolute Gasteiger partial charge is 0.466 e. The highest BCUT2D eigenvalue weighted by molar-refractivity contribution is 5.99. The van der Waals surface area contributed by atoms with E-state index >= 15 is 0 Å². The zero-order valence-corrected chi connectivity index (χ0v) is 14.2. The summed E-state index contributed by atoms with van der Waals surface area (Å²) in [6.07, 6.45) is 0.985. The minimum absolute atomic E-state index is 0.110. The van der Waals surface area contributed by atoms with E-state index in [0.29, 0.717) is 22.7 Å². The standard InChI is InChI=1S/C19H16N2O5/c1-24-18(22)11-16(19(23)25-2)21-15-8-3-4-9-17(15)26-14-7-5-6-13(10-14)12-20/h3-11,21H,1-2H3/b16-11+. The predicted molar refractivity (Wildman–Crippen MR) is 93.4 cm³/mol. The molecular weight excluding hydrogens is 336 g/mol. The molecule has 0 heterocycles. The van der Waals surface area contributed by atoms with Crippen molar-refractivity contribution in [1.29, 1.82) is 5.26 Å². The van der Waals surface area contributed by atoms with Crippen LogP contribution in [0.15, 0.2) is 60.3 Å².